The first kappa shape index (κ1) is 58.4. The van der Waals surface area contributed by atoms with Gasteiger partial charge in [0.2, 0.25) is 29.5 Å². The Morgan fingerprint density at radius 1 is 0.758 bits per heavy atom. The van der Waals surface area contributed by atoms with E-state index < -0.39 is 102 Å². The third-order valence-corrected chi connectivity index (χ3v) is 11.4. The van der Waals surface area contributed by atoms with Crippen LogP contribution in [0.3, 0.4) is 0 Å². The van der Waals surface area contributed by atoms with Crippen molar-refractivity contribution in [1.82, 2.24) is 25.8 Å². The van der Waals surface area contributed by atoms with Gasteiger partial charge in [-0.25, -0.2) is 9.59 Å². The van der Waals surface area contributed by atoms with Gasteiger partial charge in [-0.3, -0.25) is 28.8 Å². The summed E-state index contributed by atoms with van der Waals surface area (Å²) >= 11 is 0. The summed E-state index contributed by atoms with van der Waals surface area (Å²) in [5.74, 6) is -2.56. The van der Waals surface area contributed by atoms with Crippen LogP contribution in [-0.4, -0.2) is 118 Å². The second-order valence-corrected chi connectivity index (χ2v) is 18.9. The lowest BCUT2D eigenvalue weighted by Gasteiger charge is -2.38. The lowest BCUT2D eigenvalue weighted by molar-refractivity contribution is -0.165. The molecule has 0 fully saturated rings. The molecule has 0 spiro atoms. The molecule has 6 amide bonds. The summed E-state index contributed by atoms with van der Waals surface area (Å²) in [7, 11) is 3.04. The van der Waals surface area contributed by atoms with E-state index in [9.17, 15) is 43.5 Å². The fourth-order valence-electron chi connectivity index (χ4n) is 7.17. The zero-order chi connectivity index (χ0) is 50.8. The van der Waals surface area contributed by atoms with Crippen LogP contribution in [0.25, 0.3) is 0 Å². The van der Waals surface area contributed by atoms with Crippen LogP contribution in [0.1, 0.15) is 128 Å². The Labute approximate surface area is 392 Å². The van der Waals surface area contributed by atoms with Crippen molar-refractivity contribution >= 4 is 47.4 Å². The number of benzene rings is 1. The molecule has 1 rings (SSSR count). The Morgan fingerprint density at radius 3 is 1.80 bits per heavy atom. The van der Waals surface area contributed by atoms with E-state index >= 15 is 0 Å². The summed E-state index contributed by atoms with van der Waals surface area (Å²) in [5.41, 5.74) is 5.51. The van der Waals surface area contributed by atoms with Crippen molar-refractivity contribution in [2.45, 2.75) is 170 Å². The van der Waals surface area contributed by atoms with E-state index in [0.29, 0.717) is 18.6 Å². The van der Waals surface area contributed by atoms with Gasteiger partial charge in [-0.2, -0.15) is 0 Å². The first-order valence-electron chi connectivity index (χ1n) is 23.0. The highest BCUT2D eigenvalue weighted by molar-refractivity contribution is 5.96. The van der Waals surface area contributed by atoms with E-state index in [-0.39, 0.29) is 36.5 Å². The van der Waals surface area contributed by atoms with Gasteiger partial charge in [-0.05, 0) is 76.0 Å². The monoisotopic (exact) mass is 927 g/mol. The molecule has 0 radical (unpaired) electrons. The number of hydrogen-bond donors (Lipinski definition) is 5. The number of hydrogen-bond acceptors (Lipinski definition) is 10. The highest BCUT2D eigenvalue weighted by Crippen LogP contribution is 2.26. The predicted octanol–water partition coefficient (Wildman–Crippen LogP) is 4.23. The molecular weight excluding hydrogens is 849 g/mol. The molecule has 1 aromatic carbocycles. The Bertz CT molecular complexity index is 1880. The van der Waals surface area contributed by atoms with Crippen LogP contribution in [0.15, 0.2) is 24.3 Å². The number of aliphatic carboxylic acids is 1. The first-order chi connectivity index (χ1) is 30.6. The molecule has 0 bridgehead atoms. The Morgan fingerprint density at radius 2 is 1.33 bits per heavy atom. The number of ether oxygens (including phenoxy) is 2. The van der Waals surface area contributed by atoms with E-state index in [0.717, 1.165) is 12.0 Å². The van der Waals surface area contributed by atoms with Gasteiger partial charge >= 0.3 is 11.9 Å². The average Bonchev–Trinajstić information content (AvgIpc) is 3.22. The van der Waals surface area contributed by atoms with E-state index in [1.807, 2.05) is 60.6 Å². The predicted molar refractivity (Wildman–Crippen MR) is 251 cm³/mol. The SMILES string of the molecule is CC[C@H](C(=O)N(C)[C@@H](Cc1ccc(OC(C)(C)C)cc1)C(=O)N(C)[C@H](C(=O)O[C@H](C)[C@H](NC(=O)[C@H](C#CCC(N)=O)NC(=O)C(C)C)C(=O)N[C@@H](CC(C)C)C(=O)O)[C@@H](C)CC)[C@@H](C)CC. The molecular formula is C49H78N6O11. The molecule has 1 aromatic rings. The minimum Gasteiger partial charge on any atom is -0.488 e. The van der Waals surface area contributed by atoms with Gasteiger partial charge in [0.05, 0.1) is 6.42 Å². The number of esters is 1. The minimum atomic E-state index is -1.75. The zero-order valence-corrected chi connectivity index (χ0v) is 41.9. The van der Waals surface area contributed by atoms with Gasteiger partial charge in [-0.1, -0.05) is 99.1 Å². The number of nitrogens with one attached hydrogen (secondary N) is 3. The number of carboxylic acid groups (broad SMARTS) is 1. The Hall–Kier alpha value is -5.66. The molecule has 6 N–H and O–H groups in total. The summed E-state index contributed by atoms with van der Waals surface area (Å²) in [6.45, 7) is 23.3. The Balaban J connectivity index is 3.82. The molecule has 0 heterocycles. The van der Waals surface area contributed by atoms with Crippen molar-refractivity contribution in [2.24, 2.45) is 35.3 Å². The van der Waals surface area contributed by atoms with Gasteiger partial charge in [0, 0.05) is 32.4 Å². The molecule has 17 heteroatoms. The van der Waals surface area contributed by atoms with Crippen molar-refractivity contribution < 1.29 is 52.9 Å². The van der Waals surface area contributed by atoms with E-state index in [4.69, 9.17) is 15.2 Å². The fraction of sp³-hybridized carbons (Fsp3) is 0.673. The van der Waals surface area contributed by atoms with E-state index in [1.165, 1.54) is 23.8 Å². The lowest BCUT2D eigenvalue weighted by Crippen LogP contribution is -2.60. The lowest BCUT2D eigenvalue weighted by atomic mass is 9.87. The number of nitrogens with zero attached hydrogens (tertiary/aromatic N) is 2. The molecule has 0 aliphatic rings. The number of primary amides is 1. The molecule has 0 saturated carbocycles. The van der Waals surface area contributed by atoms with E-state index in [2.05, 4.69) is 27.8 Å². The molecule has 0 aliphatic carbocycles. The zero-order valence-electron chi connectivity index (χ0n) is 41.9. The summed E-state index contributed by atoms with van der Waals surface area (Å²) in [4.78, 5) is 111. The molecule has 0 aromatic heterocycles. The maximum absolute atomic E-state index is 14.9. The van der Waals surface area contributed by atoms with Gasteiger partial charge < -0.3 is 46.1 Å². The van der Waals surface area contributed by atoms with E-state index in [1.54, 1.807) is 53.8 Å². The largest absolute Gasteiger partial charge is 0.488 e. The average molecular weight is 927 g/mol. The fourth-order valence-corrected chi connectivity index (χ4v) is 7.17. The second kappa shape index (κ2) is 27.1. The highest BCUT2D eigenvalue weighted by atomic mass is 16.5. The summed E-state index contributed by atoms with van der Waals surface area (Å²) in [6, 6.07) is 0.163. The van der Waals surface area contributed by atoms with Gasteiger partial charge in [0.1, 0.15) is 41.6 Å². The van der Waals surface area contributed by atoms with Crippen molar-refractivity contribution in [3.63, 3.8) is 0 Å². The van der Waals surface area contributed by atoms with Crippen LogP contribution in [0.2, 0.25) is 0 Å². The molecule has 370 valence electrons. The highest BCUT2D eigenvalue weighted by Gasteiger charge is 2.42. The van der Waals surface area contributed by atoms with Gasteiger partial charge in [0.25, 0.3) is 5.91 Å². The number of amides is 6. The van der Waals surface area contributed by atoms with Crippen molar-refractivity contribution in [3.05, 3.63) is 29.8 Å². The normalized spacial score (nSPS) is 15.5. The van der Waals surface area contributed by atoms with Crippen LogP contribution in [0, 0.1) is 41.4 Å². The molecule has 66 heavy (non-hydrogen) atoms. The van der Waals surface area contributed by atoms with Crippen LogP contribution in [-0.2, 0) is 49.5 Å². The summed E-state index contributed by atoms with van der Waals surface area (Å²) in [6.07, 6.45) is -0.136. The van der Waals surface area contributed by atoms with Crippen molar-refractivity contribution in [1.29, 1.82) is 0 Å². The smallest absolute Gasteiger partial charge is 0.329 e. The summed E-state index contributed by atoms with van der Waals surface area (Å²) < 4.78 is 11.9. The first-order valence-corrected chi connectivity index (χ1v) is 23.0. The Kier molecular flexibility index (Phi) is 24.0. The molecule has 0 aliphatic heterocycles. The standard InChI is InChI=1S/C49H78N6O11/c1-16-30(8)35(18-3)45(60)54(14)38(27-33-22-24-34(25-23-33)66-49(11,12)13)46(61)55(15)41(31(9)17-2)48(64)65-32(10)40(44(59)52-37(47(62)63)26-28(4)5)53-43(58)36(20-19-21-39(50)56)51-42(57)29(6)7/h22-25,28-32,35-38,40-41H,16-18,21,26-27H2,1-15H3,(H2,50,56)(H,51,57)(H,52,59)(H,53,58)(H,62,63)/t30-,31-,32+,35-,36-,37-,38-,40-,41-/m0/s1. The second-order valence-electron chi connectivity index (χ2n) is 18.9. The molecule has 0 unspecified atom stereocenters. The van der Waals surface area contributed by atoms with Crippen molar-refractivity contribution in [2.75, 3.05) is 14.1 Å². The number of likely N-dealkylation sites (N-methyl/N-ethyl adjacent to an activating group) is 2. The summed E-state index contributed by atoms with van der Waals surface area (Å²) in [5, 5.41) is 17.3. The maximum Gasteiger partial charge on any atom is 0.329 e. The number of carboxylic acids is 1. The molecule has 0 saturated heterocycles. The van der Waals surface area contributed by atoms with Crippen LogP contribution in [0.5, 0.6) is 5.75 Å². The van der Waals surface area contributed by atoms with Crippen molar-refractivity contribution in [3.8, 4) is 17.6 Å². The van der Waals surface area contributed by atoms with Crippen LogP contribution in [0.4, 0.5) is 0 Å². The number of carbonyl (C=O) groups excluding carboxylic acids is 7. The number of carbonyl (C=O) groups is 8. The number of nitrogens with two attached hydrogens (primary N) is 1. The van der Waals surface area contributed by atoms with Gasteiger partial charge in [0.15, 0.2) is 6.04 Å². The topological polar surface area (TPSA) is 244 Å². The number of rotatable bonds is 25. The van der Waals surface area contributed by atoms with Gasteiger partial charge in [-0.15, -0.1) is 0 Å². The molecule has 9 atom stereocenters. The molecule has 17 nitrogen and oxygen atoms in total. The third-order valence-electron chi connectivity index (χ3n) is 11.4. The van der Waals surface area contributed by atoms with Crippen LogP contribution >= 0.6 is 0 Å². The quantitative estimate of drug-likeness (QED) is 0.0687. The van der Waals surface area contributed by atoms with Crippen LogP contribution < -0.4 is 26.4 Å². The maximum atomic E-state index is 14.9. The third kappa shape index (κ3) is 18.7. The minimum absolute atomic E-state index is 0.0217.